The quantitative estimate of drug-likeness (QED) is 0.888. The van der Waals surface area contributed by atoms with Gasteiger partial charge in [-0.2, -0.15) is 5.26 Å². The number of amides is 1. The third kappa shape index (κ3) is 4.94. The first-order valence-corrected chi connectivity index (χ1v) is 8.67. The highest BCUT2D eigenvalue weighted by molar-refractivity contribution is 6.32. The predicted molar refractivity (Wildman–Crippen MR) is 97.1 cm³/mol. The van der Waals surface area contributed by atoms with Gasteiger partial charge in [-0.05, 0) is 64.5 Å². The molecule has 5 nitrogen and oxygen atoms in total. The maximum absolute atomic E-state index is 12.5. The summed E-state index contributed by atoms with van der Waals surface area (Å²) in [7, 11) is 4.14. The second kappa shape index (κ2) is 8.48. The lowest BCUT2D eigenvalue weighted by Crippen LogP contribution is -2.45. The summed E-state index contributed by atoms with van der Waals surface area (Å²) >= 11 is 6.01. The van der Waals surface area contributed by atoms with Gasteiger partial charge in [-0.15, -0.1) is 0 Å². The van der Waals surface area contributed by atoms with Crippen LogP contribution in [0.3, 0.4) is 0 Å². The molecule has 24 heavy (non-hydrogen) atoms. The number of anilines is 1. The van der Waals surface area contributed by atoms with E-state index in [-0.39, 0.29) is 11.9 Å². The number of benzene rings is 1. The number of rotatable bonds is 5. The number of halogens is 1. The van der Waals surface area contributed by atoms with Gasteiger partial charge in [0.25, 0.3) is 0 Å². The second-order valence-electron chi connectivity index (χ2n) is 6.68. The number of nitriles is 1. The first-order chi connectivity index (χ1) is 11.4. The average molecular weight is 349 g/mol. The van der Waals surface area contributed by atoms with Crippen LogP contribution >= 0.6 is 11.6 Å². The van der Waals surface area contributed by atoms with E-state index in [1.165, 1.54) is 12.8 Å². The van der Waals surface area contributed by atoms with Gasteiger partial charge in [-0.25, -0.2) is 0 Å². The monoisotopic (exact) mass is 348 g/mol. The molecule has 0 aromatic heterocycles. The van der Waals surface area contributed by atoms with E-state index in [1.807, 2.05) is 20.0 Å². The molecule has 1 aromatic carbocycles. The third-order valence-corrected chi connectivity index (χ3v) is 4.98. The minimum absolute atomic E-state index is 0.0672. The number of carbonyl (C=O) groups is 1. The normalized spacial score (nSPS) is 19.8. The van der Waals surface area contributed by atoms with E-state index in [2.05, 4.69) is 22.2 Å². The van der Waals surface area contributed by atoms with Crippen molar-refractivity contribution in [2.24, 2.45) is 5.92 Å². The topological polar surface area (TPSA) is 59.4 Å². The fourth-order valence-electron chi connectivity index (χ4n) is 3.12. The molecule has 1 fully saturated rings. The molecule has 2 rings (SSSR count). The summed E-state index contributed by atoms with van der Waals surface area (Å²) in [6, 6.07) is 6.71. The molecule has 0 spiro atoms. The van der Waals surface area contributed by atoms with Crippen LogP contribution in [0.15, 0.2) is 18.2 Å². The van der Waals surface area contributed by atoms with Crippen LogP contribution in [0.4, 0.5) is 5.69 Å². The maximum Gasteiger partial charge on any atom is 0.241 e. The van der Waals surface area contributed by atoms with Gasteiger partial charge in [0.1, 0.15) is 6.07 Å². The van der Waals surface area contributed by atoms with Crippen LogP contribution in [0.5, 0.6) is 0 Å². The van der Waals surface area contributed by atoms with Crippen LogP contribution < -0.4 is 5.32 Å². The van der Waals surface area contributed by atoms with Crippen molar-refractivity contribution in [1.82, 2.24) is 9.80 Å². The number of carbonyl (C=O) groups excluding carboxylic acids is 1. The molecular formula is C18H25ClN4O. The number of hydrogen-bond acceptors (Lipinski definition) is 4. The van der Waals surface area contributed by atoms with Crippen molar-refractivity contribution in [3.8, 4) is 6.07 Å². The summed E-state index contributed by atoms with van der Waals surface area (Å²) in [6.07, 6.45) is 2.44. The standard InChI is InChI=1S/C18H25ClN4O/c1-13(23(3)12-14-5-4-8-22(2)11-14)18(24)21-16-7-6-15(10-20)17(19)9-16/h6-7,9,13-14H,4-5,8,11-12H2,1-3H3,(H,21,24)/t13-,14-/m1/s1. The molecule has 1 aromatic rings. The van der Waals surface area contributed by atoms with Crippen molar-refractivity contribution in [2.75, 3.05) is 39.0 Å². The molecule has 130 valence electrons. The van der Waals surface area contributed by atoms with Crippen LogP contribution in [0.25, 0.3) is 0 Å². The Bertz CT molecular complexity index is 628. The number of nitrogens with zero attached hydrogens (tertiary/aromatic N) is 3. The highest BCUT2D eigenvalue weighted by Gasteiger charge is 2.24. The van der Waals surface area contributed by atoms with Gasteiger partial charge < -0.3 is 10.2 Å². The highest BCUT2D eigenvalue weighted by atomic mass is 35.5. The number of likely N-dealkylation sites (tertiary alicyclic amines) is 1. The Morgan fingerprint density at radius 1 is 1.58 bits per heavy atom. The Labute approximate surface area is 149 Å². The minimum atomic E-state index is -0.230. The number of nitrogens with one attached hydrogen (secondary N) is 1. The van der Waals surface area contributed by atoms with Crippen LogP contribution in [0.1, 0.15) is 25.3 Å². The van der Waals surface area contributed by atoms with Gasteiger partial charge in [0.15, 0.2) is 0 Å². The minimum Gasteiger partial charge on any atom is -0.325 e. The average Bonchev–Trinajstić information content (AvgIpc) is 2.54. The summed E-state index contributed by atoms with van der Waals surface area (Å²) in [5.41, 5.74) is 1.02. The first-order valence-electron chi connectivity index (χ1n) is 8.30. The van der Waals surface area contributed by atoms with E-state index >= 15 is 0 Å². The van der Waals surface area contributed by atoms with E-state index in [9.17, 15) is 4.79 Å². The lowest BCUT2D eigenvalue weighted by Gasteiger charge is -2.34. The number of hydrogen-bond donors (Lipinski definition) is 1. The van der Waals surface area contributed by atoms with Gasteiger partial charge in [-0.1, -0.05) is 11.6 Å². The van der Waals surface area contributed by atoms with E-state index in [0.29, 0.717) is 22.2 Å². The van der Waals surface area contributed by atoms with Gasteiger partial charge >= 0.3 is 0 Å². The molecular weight excluding hydrogens is 324 g/mol. The SMILES string of the molecule is C[C@H](C(=O)Nc1ccc(C#N)c(Cl)c1)N(C)C[C@@H]1CCCN(C)C1. The molecule has 1 amide bonds. The Hall–Kier alpha value is -1.61. The van der Waals surface area contributed by atoms with Crippen LogP contribution in [0, 0.1) is 17.2 Å². The Kier molecular flexibility index (Phi) is 6.61. The van der Waals surface area contributed by atoms with E-state index < -0.39 is 0 Å². The molecule has 1 aliphatic rings. The van der Waals surface area contributed by atoms with E-state index in [4.69, 9.17) is 16.9 Å². The lowest BCUT2D eigenvalue weighted by atomic mass is 9.97. The summed E-state index contributed by atoms with van der Waals surface area (Å²) in [5, 5.41) is 12.1. The van der Waals surface area contributed by atoms with Crippen LogP contribution in [-0.2, 0) is 4.79 Å². The molecule has 0 aliphatic carbocycles. The lowest BCUT2D eigenvalue weighted by molar-refractivity contribution is -0.120. The molecule has 0 radical (unpaired) electrons. The fourth-order valence-corrected chi connectivity index (χ4v) is 3.34. The molecule has 1 N–H and O–H groups in total. The first kappa shape index (κ1) is 18.7. The molecule has 0 bridgehead atoms. The molecule has 1 aliphatic heterocycles. The second-order valence-corrected chi connectivity index (χ2v) is 7.09. The predicted octanol–water partition coefficient (Wildman–Crippen LogP) is 2.81. The van der Waals surface area contributed by atoms with Gasteiger partial charge in [0.05, 0.1) is 16.6 Å². The maximum atomic E-state index is 12.5. The zero-order chi connectivity index (χ0) is 17.7. The van der Waals surface area contributed by atoms with E-state index in [0.717, 1.165) is 19.6 Å². The highest BCUT2D eigenvalue weighted by Crippen LogP contribution is 2.21. The van der Waals surface area contributed by atoms with Gasteiger partial charge in [0.2, 0.25) is 5.91 Å². The van der Waals surface area contributed by atoms with Gasteiger partial charge in [-0.3, -0.25) is 9.69 Å². The smallest absolute Gasteiger partial charge is 0.241 e. The van der Waals surface area contributed by atoms with Crippen LogP contribution in [0.2, 0.25) is 5.02 Å². The number of piperidine rings is 1. The van der Waals surface area contributed by atoms with Crippen molar-refractivity contribution in [3.05, 3.63) is 28.8 Å². The molecule has 1 heterocycles. The zero-order valence-electron chi connectivity index (χ0n) is 14.6. The Balaban J connectivity index is 1.91. The fraction of sp³-hybridized carbons (Fsp3) is 0.556. The Morgan fingerprint density at radius 3 is 2.96 bits per heavy atom. The van der Waals surface area contributed by atoms with E-state index in [1.54, 1.807) is 18.2 Å². The summed E-state index contributed by atoms with van der Waals surface area (Å²) in [5.74, 6) is 0.538. The molecule has 0 saturated carbocycles. The molecule has 6 heteroatoms. The molecule has 1 saturated heterocycles. The summed E-state index contributed by atoms with van der Waals surface area (Å²) < 4.78 is 0. The van der Waals surface area contributed by atoms with Crippen molar-refractivity contribution in [2.45, 2.75) is 25.8 Å². The van der Waals surface area contributed by atoms with Gasteiger partial charge in [0, 0.05) is 18.8 Å². The van der Waals surface area contributed by atoms with Crippen molar-refractivity contribution in [1.29, 1.82) is 5.26 Å². The van der Waals surface area contributed by atoms with Crippen molar-refractivity contribution >= 4 is 23.2 Å². The number of likely N-dealkylation sites (N-methyl/N-ethyl adjacent to an activating group) is 1. The summed E-state index contributed by atoms with van der Waals surface area (Å²) in [6.45, 7) is 5.07. The van der Waals surface area contributed by atoms with Crippen LogP contribution in [-0.4, -0.2) is 55.5 Å². The molecule has 0 unspecified atom stereocenters. The van der Waals surface area contributed by atoms with Crippen molar-refractivity contribution in [3.63, 3.8) is 0 Å². The largest absolute Gasteiger partial charge is 0.325 e. The van der Waals surface area contributed by atoms with Crippen molar-refractivity contribution < 1.29 is 4.79 Å². The zero-order valence-corrected chi connectivity index (χ0v) is 15.3. The molecule has 2 atom stereocenters. The summed E-state index contributed by atoms with van der Waals surface area (Å²) in [4.78, 5) is 16.9. The third-order valence-electron chi connectivity index (χ3n) is 4.67. The Morgan fingerprint density at radius 2 is 2.33 bits per heavy atom.